The van der Waals surface area contributed by atoms with Crippen LogP contribution in [-0.2, 0) is 6.54 Å². The van der Waals surface area contributed by atoms with Gasteiger partial charge in [0.05, 0.1) is 5.69 Å². The van der Waals surface area contributed by atoms with Gasteiger partial charge in [0.15, 0.2) is 0 Å². The molecule has 0 aliphatic rings. The van der Waals surface area contributed by atoms with Crippen molar-refractivity contribution in [3.8, 4) is 0 Å². The molecule has 0 saturated heterocycles. The monoisotopic (exact) mass is 238 g/mol. The molecule has 1 aromatic carbocycles. The van der Waals surface area contributed by atoms with Gasteiger partial charge < -0.3 is 10.2 Å². The summed E-state index contributed by atoms with van der Waals surface area (Å²) in [6.45, 7) is 4.98. The van der Waals surface area contributed by atoms with Crippen molar-refractivity contribution in [2.45, 2.75) is 39.3 Å². The Morgan fingerprint density at radius 2 is 2.12 bits per heavy atom. The van der Waals surface area contributed by atoms with Crippen LogP contribution in [0.25, 0.3) is 0 Å². The number of benzene rings is 1. The Hall–Kier alpha value is -1.09. The summed E-state index contributed by atoms with van der Waals surface area (Å²) >= 11 is 0. The third kappa shape index (κ3) is 3.43. The number of hydrogen-bond acceptors (Lipinski definition) is 2. The highest BCUT2D eigenvalue weighted by Crippen LogP contribution is 2.26. The summed E-state index contributed by atoms with van der Waals surface area (Å²) in [5.74, 6) is -0.136. The number of halogens is 1. The van der Waals surface area contributed by atoms with Crippen molar-refractivity contribution in [2.24, 2.45) is 0 Å². The molecule has 17 heavy (non-hydrogen) atoms. The van der Waals surface area contributed by atoms with Crippen LogP contribution in [0.15, 0.2) is 18.2 Å². The molecular weight excluding hydrogens is 215 g/mol. The molecule has 3 heteroatoms. The second kappa shape index (κ2) is 6.60. The van der Waals surface area contributed by atoms with Crippen LogP contribution in [0, 0.1) is 5.82 Å². The Morgan fingerprint density at radius 3 is 2.71 bits per heavy atom. The molecular formula is C14H23FN2. The van der Waals surface area contributed by atoms with E-state index in [1.807, 2.05) is 25.1 Å². The zero-order valence-electron chi connectivity index (χ0n) is 11.3. The van der Waals surface area contributed by atoms with Crippen molar-refractivity contribution in [3.05, 3.63) is 29.6 Å². The third-order valence-electron chi connectivity index (χ3n) is 3.16. The fourth-order valence-corrected chi connectivity index (χ4v) is 2.12. The molecule has 96 valence electrons. The lowest BCUT2D eigenvalue weighted by Gasteiger charge is -2.29. The number of nitrogens with one attached hydrogen (secondary N) is 1. The van der Waals surface area contributed by atoms with Gasteiger partial charge in [-0.1, -0.05) is 25.5 Å². The zero-order chi connectivity index (χ0) is 12.8. The van der Waals surface area contributed by atoms with Gasteiger partial charge in [0, 0.05) is 19.6 Å². The minimum absolute atomic E-state index is 0.136. The van der Waals surface area contributed by atoms with Crippen LogP contribution in [0.5, 0.6) is 0 Å². The summed E-state index contributed by atoms with van der Waals surface area (Å²) in [6, 6.07) is 5.63. The molecule has 1 N–H and O–H groups in total. The predicted molar refractivity (Wildman–Crippen MR) is 71.9 cm³/mol. The molecule has 0 fully saturated rings. The van der Waals surface area contributed by atoms with E-state index in [2.05, 4.69) is 19.2 Å². The van der Waals surface area contributed by atoms with Gasteiger partial charge in [-0.25, -0.2) is 4.39 Å². The van der Waals surface area contributed by atoms with E-state index in [9.17, 15) is 4.39 Å². The summed E-state index contributed by atoms with van der Waals surface area (Å²) in [7, 11) is 3.85. The fraction of sp³-hybridized carbons (Fsp3) is 0.571. The summed E-state index contributed by atoms with van der Waals surface area (Å²) in [5, 5.41) is 3.08. The molecule has 0 spiro atoms. The standard InChI is InChI=1S/C14H23FN2/c1-5-7-11(2)17(4)14-12(10-16-3)8-6-9-13(14)15/h6,8-9,11,16H,5,7,10H2,1-4H3. The van der Waals surface area contributed by atoms with Crippen LogP contribution in [0.2, 0.25) is 0 Å². The van der Waals surface area contributed by atoms with E-state index in [-0.39, 0.29) is 5.82 Å². The Morgan fingerprint density at radius 1 is 1.41 bits per heavy atom. The molecule has 0 radical (unpaired) electrons. The Balaban J connectivity index is 3.01. The highest BCUT2D eigenvalue weighted by atomic mass is 19.1. The average Bonchev–Trinajstić information content (AvgIpc) is 2.29. The molecule has 0 heterocycles. The van der Waals surface area contributed by atoms with Crippen molar-refractivity contribution >= 4 is 5.69 Å². The summed E-state index contributed by atoms with van der Waals surface area (Å²) in [4.78, 5) is 2.05. The number of para-hydroxylation sites is 1. The molecule has 0 aliphatic heterocycles. The number of anilines is 1. The first-order chi connectivity index (χ1) is 8.11. The van der Waals surface area contributed by atoms with Gasteiger partial charge in [0.25, 0.3) is 0 Å². The molecule has 1 atom stereocenters. The van der Waals surface area contributed by atoms with Crippen molar-refractivity contribution in [1.29, 1.82) is 0 Å². The van der Waals surface area contributed by atoms with E-state index in [0.717, 1.165) is 24.1 Å². The second-order valence-corrected chi connectivity index (χ2v) is 4.53. The quantitative estimate of drug-likeness (QED) is 0.819. The SMILES string of the molecule is CCCC(C)N(C)c1c(F)cccc1CNC. The summed E-state index contributed by atoms with van der Waals surface area (Å²) in [6.07, 6.45) is 2.19. The minimum atomic E-state index is -0.136. The first kappa shape index (κ1) is 14.0. The Bertz CT molecular complexity index is 352. The van der Waals surface area contributed by atoms with Crippen molar-refractivity contribution in [1.82, 2.24) is 5.32 Å². The molecule has 1 unspecified atom stereocenters. The molecule has 0 amide bonds. The van der Waals surface area contributed by atoms with Crippen LogP contribution >= 0.6 is 0 Å². The third-order valence-corrected chi connectivity index (χ3v) is 3.16. The summed E-state index contributed by atoms with van der Waals surface area (Å²) < 4.78 is 14.0. The van der Waals surface area contributed by atoms with Gasteiger partial charge in [0.1, 0.15) is 5.82 Å². The van der Waals surface area contributed by atoms with Crippen LogP contribution in [0.3, 0.4) is 0 Å². The van der Waals surface area contributed by atoms with Crippen LogP contribution in [0.4, 0.5) is 10.1 Å². The van der Waals surface area contributed by atoms with Crippen molar-refractivity contribution < 1.29 is 4.39 Å². The maximum Gasteiger partial charge on any atom is 0.146 e. The van der Waals surface area contributed by atoms with Crippen molar-refractivity contribution in [3.63, 3.8) is 0 Å². The van der Waals surface area contributed by atoms with Gasteiger partial charge in [-0.15, -0.1) is 0 Å². The summed E-state index contributed by atoms with van der Waals surface area (Å²) in [5.41, 5.74) is 1.74. The first-order valence-corrected chi connectivity index (χ1v) is 6.26. The van der Waals surface area contributed by atoms with Crippen LogP contribution < -0.4 is 10.2 Å². The Kier molecular flexibility index (Phi) is 5.42. The van der Waals surface area contributed by atoms with Gasteiger partial charge in [-0.05, 0) is 32.0 Å². The van der Waals surface area contributed by atoms with Gasteiger partial charge in [0.2, 0.25) is 0 Å². The highest BCUT2D eigenvalue weighted by molar-refractivity contribution is 5.55. The molecule has 2 nitrogen and oxygen atoms in total. The normalized spacial score (nSPS) is 12.5. The number of hydrogen-bond donors (Lipinski definition) is 1. The molecule has 1 rings (SSSR count). The average molecular weight is 238 g/mol. The lowest BCUT2D eigenvalue weighted by molar-refractivity contribution is 0.577. The van der Waals surface area contributed by atoms with E-state index in [0.29, 0.717) is 12.6 Å². The Labute approximate surface area is 104 Å². The van der Waals surface area contributed by atoms with E-state index in [4.69, 9.17) is 0 Å². The lowest BCUT2D eigenvalue weighted by Crippen LogP contribution is -2.30. The largest absolute Gasteiger partial charge is 0.369 e. The molecule has 1 aromatic rings. The van der Waals surface area contributed by atoms with E-state index in [1.165, 1.54) is 6.07 Å². The van der Waals surface area contributed by atoms with E-state index < -0.39 is 0 Å². The maximum atomic E-state index is 14.0. The van der Waals surface area contributed by atoms with Crippen LogP contribution in [0.1, 0.15) is 32.3 Å². The van der Waals surface area contributed by atoms with Gasteiger partial charge in [-0.3, -0.25) is 0 Å². The molecule has 0 aromatic heterocycles. The molecule has 0 saturated carbocycles. The molecule has 0 bridgehead atoms. The van der Waals surface area contributed by atoms with E-state index in [1.54, 1.807) is 6.07 Å². The van der Waals surface area contributed by atoms with E-state index >= 15 is 0 Å². The lowest BCUT2D eigenvalue weighted by atomic mass is 10.1. The fourth-order valence-electron chi connectivity index (χ4n) is 2.12. The predicted octanol–water partition coefficient (Wildman–Crippen LogP) is 3.17. The van der Waals surface area contributed by atoms with Crippen LogP contribution in [-0.4, -0.2) is 20.1 Å². The number of rotatable bonds is 6. The minimum Gasteiger partial charge on any atom is -0.369 e. The smallest absolute Gasteiger partial charge is 0.146 e. The highest BCUT2D eigenvalue weighted by Gasteiger charge is 2.16. The number of nitrogens with zero attached hydrogens (tertiary/aromatic N) is 1. The zero-order valence-corrected chi connectivity index (χ0v) is 11.3. The van der Waals surface area contributed by atoms with Crippen molar-refractivity contribution in [2.75, 3.05) is 19.0 Å². The van der Waals surface area contributed by atoms with Gasteiger partial charge >= 0.3 is 0 Å². The maximum absolute atomic E-state index is 14.0. The molecule has 0 aliphatic carbocycles. The second-order valence-electron chi connectivity index (χ2n) is 4.53. The van der Waals surface area contributed by atoms with Gasteiger partial charge in [-0.2, -0.15) is 0 Å². The topological polar surface area (TPSA) is 15.3 Å². The first-order valence-electron chi connectivity index (χ1n) is 6.26.